The number of para-hydroxylation sites is 3. The lowest BCUT2D eigenvalue weighted by molar-refractivity contribution is -0.115. The van der Waals surface area contributed by atoms with E-state index in [0.29, 0.717) is 23.0 Å². The highest BCUT2D eigenvalue weighted by molar-refractivity contribution is 8.00. The molecule has 31 heavy (non-hydrogen) atoms. The van der Waals surface area contributed by atoms with Crippen molar-refractivity contribution in [2.45, 2.75) is 23.5 Å². The first kappa shape index (κ1) is 22.7. The van der Waals surface area contributed by atoms with Gasteiger partial charge < -0.3 is 20.7 Å². The van der Waals surface area contributed by atoms with Crippen molar-refractivity contribution in [2.24, 2.45) is 0 Å². The first-order valence-electron chi connectivity index (χ1n) is 9.92. The third-order valence-corrected chi connectivity index (χ3v) is 5.99. The van der Waals surface area contributed by atoms with E-state index in [2.05, 4.69) is 16.0 Å². The van der Waals surface area contributed by atoms with Crippen molar-refractivity contribution in [1.29, 1.82) is 0 Å². The van der Waals surface area contributed by atoms with E-state index in [-0.39, 0.29) is 11.2 Å². The first-order valence-corrected chi connectivity index (χ1v) is 11.2. The Morgan fingerprint density at radius 1 is 0.935 bits per heavy atom. The SMILES string of the molecule is CCC(Sc1cccc(NC(=S)Nc2ccccc2)c1)C(=O)Nc1ccccc1OC. The molecular weight excluding hydrogens is 426 g/mol. The number of benzene rings is 3. The van der Waals surface area contributed by atoms with Gasteiger partial charge in [0, 0.05) is 16.3 Å². The molecule has 1 amide bonds. The molecule has 1 unspecified atom stereocenters. The Labute approximate surface area is 192 Å². The monoisotopic (exact) mass is 451 g/mol. The maximum atomic E-state index is 12.8. The maximum absolute atomic E-state index is 12.8. The molecule has 3 N–H and O–H groups in total. The number of rotatable bonds is 8. The molecule has 0 heterocycles. The average molecular weight is 452 g/mol. The Morgan fingerprint density at radius 3 is 2.35 bits per heavy atom. The highest BCUT2D eigenvalue weighted by atomic mass is 32.2. The number of carbonyl (C=O) groups is 1. The largest absolute Gasteiger partial charge is 0.495 e. The fourth-order valence-corrected chi connectivity index (χ4v) is 4.16. The molecule has 5 nitrogen and oxygen atoms in total. The summed E-state index contributed by atoms with van der Waals surface area (Å²) in [5.74, 6) is 0.581. The van der Waals surface area contributed by atoms with E-state index >= 15 is 0 Å². The predicted octanol–water partition coefficient (Wildman–Crippen LogP) is 6.01. The lowest BCUT2D eigenvalue weighted by Crippen LogP contribution is -2.24. The Morgan fingerprint density at radius 2 is 1.61 bits per heavy atom. The summed E-state index contributed by atoms with van der Waals surface area (Å²) in [7, 11) is 1.59. The third kappa shape index (κ3) is 6.73. The maximum Gasteiger partial charge on any atom is 0.237 e. The molecular formula is C24H25N3O2S2. The van der Waals surface area contributed by atoms with Gasteiger partial charge in [-0.05, 0) is 61.1 Å². The standard InChI is InChI=1S/C24H25N3O2S2/c1-3-22(23(28)27-20-14-7-8-15-21(20)29-2)31-19-13-9-12-18(16-19)26-24(30)25-17-10-5-4-6-11-17/h4-16,22H,3H2,1-2H3,(H,27,28)(H2,25,26,30). The molecule has 0 aromatic heterocycles. The fourth-order valence-electron chi connectivity index (χ4n) is 2.91. The number of anilines is 3. The predicted molar refractivity (Wildman–Crippen MR) is 134 cm³/mol. The molecule has 3 aromatic rings. The average Bonchev–Trinajstić information content (AvgIpc) is 2.78. The van der Waals surface area contributed by atoms with Gasteiger partial charge in [0.2, 0.25) is 5.91 Å². The van der Waals surface area contributed by atoms with Crippen LogP contribution in [-0.4, -0.2) is 23.4 Å². The second kappa shape index (κ2) is 11.4. The molecule has 0 bridgehead atoms. The normalized spacial score (nSPS) is 11.3. The van der Waals surface area contributed by atoms with Gasteiger partial charge in [-0.25, -0.2) is 0 Å². The Bertz CT molecular complexity index is 1030. The van der Waals surface area contributed by atoms with E-state index in [0.717, 1.165) is 16.3 Å². The minimum absolute atomic E-state index is 0.0587. The smallest absolute Gasteiger partial charge is 0.237 e. The van der Waals surface area contributed by atoms with Gasteiger partial charge in [-0.1, -0.05) is 43.3 Å². The molecule has 0 aliphatic carbocycles. The molecule has 3 rings (SSSR count). The van der Waals surface area contributed by atoms with Crippen LogP contribution in [0.15, 0.2) is 83.8 Å². The molecule has 0 saturated carbocycles. The highest BCUT2D eigenvalue weighted by Crippen LogP contribution is 2.30. The van der Waals surface area contributed by atoms with Gasteiger partial charge >= 0.3 is 0 Å². The zero-order valence-corrected chi connectivity index (χ0v) is 19.1. The van der Waals surface area contributed by atoms with Crippen LogP contribution in [0.5, 0.6) is 5.75 Å². The lowest BCUT2D eigenvalue weighted by Gasteiger charge is -2.17. The van der Waals surface area contributed by atoms with Crippen molar-refractivity contribution in [3.63, 3.8) is 0 Å². The molecule has 0 aliphatic rings. The van der Waals surface area contributed by atoms with Crippen molar-refractivity contribution < 1.29 is 9.53 Å². The first-order chi connectivity index (χ1) is 15.1. The zero-order valence-electron chi connectivity index (χ0n) is 17.4. The van der Waals surface area contributed by atoms with Crippen molar-refractivity contribution in [2.75, 3.05) is 23.1 Å². The molecule has 0 fully saturated rings. The van der Waals surface area contributed by atoms with E-state index in [1.807, 2.05) is 85.8 Å². The molecule has 0 aliphatic heterocycles. The third-order valence-electron chi connectivity index (χ3n) is 4.43. The molecule has 1 atom stereocenters. The van der Waals surface area contributed by atoms with Gasteiger partial charge in [0.1, 0.15) is 5.75 Å². The van der Waals surface area contributed by atoms with E-state index < -0.39 is 0 Å². The van der Waals surface area contributed by atoms with Crippen molar-refractivity contribution >= 4 is 52.1 Å². The van der Waals surface area contributed by atoms with Gasteiger partial charge in [0.25, 0.3) is 0 Å². The summed E-state index contributed by atoms with van der Waals surface area (Å²) in [6.07, 6.45) is 0.692. The summed E-state index contributed by atoms with van der Waals surface area (Å²) in [5, 5.41) is 9.59. The minimum Gasteiger partial charge on any atom is -0.495 e. The molecule has 3 aromatic carbocycles. The summed E-state index contributed by atoms with van der Waals surface area (Å²) >= 11 is 6.92. The van der Waals surface area contributed by atoms with Gasteiger partial charge in [0.05, 0.1) is 18.0 Å². The number of hydrogen-bond donors (Lipinski definition) is 3. The molecule has 0 spiro atoms. The number of carbonyl (C=O) groups excluding carboxylic acids is 1. The van der Waals surface area contributed by atoms with Gasteiger partial charge in [-0.3, -0.25) is 4.79 Å². The van der Waals surface area contributed by atoms with Crippen LogP contribution in [0.1, 0.15) is 13.3 Å². The van der Waals surface area contributed by atoms with Crippen LogP contribution in [0.4, 0.5) is 17.1 Å². The highest BCUT2D eigenvalue weighted by Gasteiger charge is 2.19. The van der Waals surface area contributed by atoms with Crippen LogP contribution in [0.25, 0.3) is 0 Å². The van der Waals surface area contributed by atoms with Crippen LogP contribution in [0.3, 0.4) is 0 Å². The topological polar surface area (TPSA) is 62.4 Å². The van der Waals surface area contributed by atoms with E-state index in [1.165, 1.54) is 11.8 Å². The summed E-state index contributed by atoms with van der Waals surface area (Å²) in [6.45, 7) is 2.00. The summed E-state index contributed by atoms with van der Waals surface area (Å²) < 4.78 is 5.33. The number of hydrogen-bond acceptors (Lipinski definition) is 4. The number of thioether (sulfide) groups is 1. The van der Waals surface area contributed by atoms with Gasteiger partial charge in [-0.15, -0.1) is 11.8 Å². The Kier molecular flexibility index (Phi) is 8.32. The van der Waals surface area contributed by atoms with Crippen molar-refractivity contribution in [3.05, 3.63) is 78.9 Å². The molecule has 7 heteroatoms. The Balaban J connectivity index is 1.62. The lowest BCUT2D eigenvalue weighted by atomic mass is 10.2. The summed E-state index contributed by atoms with van der Waals surface area (Å²) in [4.78, 5) is 13.8. The second-order valence-corrected chi connectivity index (χ2v) is 8.36. The minimum atomic E-state index is -0.241. The summed E-state index contributed by atoms with van der Waals surface area (Å²) in [5.41, 5.74) is 2.45. The van der Waals surface area contributed by atoms with Crippen LogP contribution in [-0.2, 0) is 4.79 Å². The van der Waals surface area contributed by atoms with Gasteiger partial charge in [0.15, 0.2) is 5.11 Å². The van der Waals surface area contributed by atoms with Gasteiger partial charge in [-0.2, -0.15) is 0 Å². The van der Waals surface area contributed by atoms with Crippen LogP contribution in [0.2, 0.25) is 0 Å². The van der Waals surface area contributed by atoms with E-state index in [4.69, 9.17) is 17.0 Å². The molecule has 0 radical (unpaired) electrons. The van der Waals surface area contributed by atoms with Crippen molar-refractivity contribution in [3.8, 4) is 5.75 Å². The Hall–Kier alpha value is -3.03. The number of amides is 1. The van der Waals surface area contributed by atoms with Crippen LogP contribution in [0, 0.1) is 0 Å². The van der Waals surface area contributed by atoms with E-state index in [1.54, 1.807) is 7.11 Å². The van der Waals surface area contributed by atoms with Crippen LogP contribution < -0.4 is 20.7 Å². The van der Waals surface area contributed by atoms with E-state index in [9.17, 15) is 4.79 Å². The number of nitrogens with one attached hydrogen (secondary N) is 3. The molecule has 0 saturated heterocycles. The van der Waals surface area contributed by atoms with Crippen molar-refractivity contribution in [1.82, 2.24) is 0 Å². The molecule has 160 valence electrons. The van der Waals surface area contributed by atoms with Crippen LogP contribution >= 0.6 is 24.0 Å². The number of thiocarbonyl (C=S) groups is 1. The zero-order chi connectivity index (χ0) is 22.1. The summed E-state index contributed by atoms with van der Waals surface area (Å²) in [6, 6.07) is 25.0. The number of ether oxygens (including phenoxy) is 1. The quantitative estimate of drug-likeness (QED) is 0.288. The number of methoxy groups -OCH3 is 1. The fraction of sp³-hybridized carbons (Fsp3) is 0.167. The second-order valence-electron chi connectivity index (χ2n) is 6.68.